The summed E-state index contributed by atoms with van der Waals surface area (Å²) in [5, 5.41) is 0. The van der Waals surface area contributed by atoms with Gasteiger partial charge in [0, 0.05) is 25.0 Å². The molecule has 1 fully saturated rings. The van der Waals surface area contributed by atoms with E-state index in [9.17, 15) is 4.55 Å². The Kier molecular flexibility index (Phi) is 3.69. The van der Waals surface area contributed by atoms with Gasteiger partial charge in [0.05, 0.1) is 0 Å². The van der Waals surface area contributed by atoms with E-state index in [0.29, 0.717) is 0 Å². The first kappa shape index (κ1) is 9.36. The van der Waals surface area contributed by atoms with Crippen LogP contribution in [0.15, 0.2) is 0 Å². The molecule has 1 atom stereocenters. The van der Waals surface area contributed by atoms with Crippen molar-refractivity contribution in [3.63, 3.8) is 0 Å². The van der Waals surface area contributed by atoms with E-state index in [1.165, 1.54) is 25.7 Å². The van der Waals surface area contributed by atoms with Crippen LogP contribution >= 0.6 is 0 Å². The van der Waals surface area contributed by atoms with Gasteiger partial charge in [0.2, 0.25) is 0 Å². The maximum Gasteiger partial charge on any atom is 0.115 e. The highest BCUT2D eigenvalue weighted by Crippen LogP contribution is 2.25. The number of nitrogens with zero attached hydrogens (tertiary/aromatic N) is 1. The van der Waals surface area contributed by atoms with Gasteiger partial charge in [-0.2, -0.15) is 0 Å². The smallest absolute Gasteiger partial charge is 0.115 e. The molecule has 0 aromatic rings. The van der Waals surface area contributed by atoms with Crippen LogP contribution in [0.2, 0.25) is 0 Å². The highest BCUT2D eigenvalue weighted by Gasteiger charge is 2.19. The molecule has 0 amide bonds. The van der Waals surface area contributed by atoms with Crippen LogP contribution in [-0.2, 0) is 11.4 Å². The molecule has 0 saturated heterocycles. The monoisotopic (exact) mass is 175 g/mol. The quantitative estimate of drug-likeness (QED) is 0.606. The Labute approximate surface area is 72.3 Å². The van der Waals surface area contributed by atoms with Gasteiger partial charge in [0.25, 0.3) is 0 Å². The number of rotatable bonds is 3. The Morgan fingerprint density at radius 3 is 2.45 bits per heavy atom. The summed E-state index contributed by atoms with van der Waals surface area (Å²) in [5.74, 6) is 0.809. The van der Waals surface area contributed by atoms with Gasteiger partial charge in [-0.05, 0) is 18.8 Å². The summed E-state index contributed by atoms with van der Waals surface area (Å²) in [6.07, 6.45) is 7.15. The summed E-state index contributed by atoms with van der Waals surface area (Å²) in [7, 11) is 1.94. The van der Waals surface area contributed by atoms with E-state index in [4.69, 9.17) is 0 Å². The minimum atomic E-state index is -0.773. The molecule has 1 saturated carbocycles. The van der Waals surface area contributed by atoms with E-state index in [0.717, 1.165) is 12.5 Å². The lowest BCUT2D eigenvalue weighted by Gasteiger charge is -2.19. The molecule has 0 aromatic carbocycles. The molecule has 1 aliphatic rings. The zero-order valence-corrected chi connectivity index (χ0v) is 8.19. The average molecular weight is 175 g/mol. The van der Waals surface area contributed by atoms with Gasteiger partial charge in [0.1, 0.15) is 6.26 Å². The van der Waals surface area contributed by atoms with Crippen molar-refractivity contribution >= 4 is 11.4 Å². The van der Waals surface area contributed by atoms with Crippen molar-refractivity contribution in [3.8, 4) is 0 Å². The average Bonchev–Trinajstić information content (AvgIpc) is 2.39. The molecule has 11 heavy (non-hydrogen) atoms. The summed E-state index contributed by atoms with van der Waals surface area (Å²) in [6.45, 7) is 1.02. The van der Waals surface area contributed by atoms with Crippen molar-refractivity contribution in [3.05, 3.63) is 0 Å². The molecule has 1 aliphatic carbocycles. The molecule has 1 rings (SSSR count). The van der Waals surface area contributed by atoms with Crippen LogP contribution < -0.4 is 0 Å². The van der Waals surface area contributed by atoms with Crippen LogP contribution in [0.4, 0.5) is 0 Å². The second kappa shape index (κ2) is 4.33. The Morgan fingerprint density at radius 1 is 1.45 bits per heavy atom. The van der Waals surface area contributed by atoms with Crippen molar-refractivity contribution in [2.75, 3.05) is 19.8 Å². The Bertz CT molecular complexity index is 113. The molecular formula is C8H17NOS. The van der Waals surface area contributed by atoms with Crippen molar-refractivity contribution in [1.29, 1.82) is 0 Å². The maximum atomic E-state index is 11.0. The second-order valence-corrected chi connectivity index (χ2v) is 4.86. The molecule has 1 unspecified atom stereocenters. The lowest BCUT2D eigenvalue weighted by molar-refractivity contribution is 0.390. The van der Waals surface area contributed by atoms with Crippen molar-refractivity contribution < 1.29 is 4.55 Å². The lowest BCUT2D eigenvalue weighted by atomic mass is 10.1. The molecule has 3 heteroatoms. The minimum Gasteiger partial charge on any atom is -0.598 e. The zero-order valence-electron chi connectivity index (χ0n) is 7.38. The Balaban J connectivity index is 2.18. The van der Waals surface area contributed by atoms with Gasteiger partial charge in [-0.1, -0.05) is 12.8 Å². The van der Waals surface area contributed by atoms with Gasteiger partial charge in [-0.3, -0.25) is 0 Å². The standard InChI is InChI=1S/C8H17NOS/c1-9(11(2)10)7-8-5-3-4-6-8/h8H,3-7H2,1-2H3. The predicted octanol–water partition coefficient (Wildman–Crippen LogP) is 1.40. The predicted molar refractivity (Wildman–Crippen MR) is 48.7 cm³/mol. The first-order valence-electron chi connectivity index (χ1n) is 4.25. The molecule has 0 radical (unpaired) electrons. The Morgan fingerprint density at radius 2 is 2.00 bits per heavy atom. The van der Waals surface area contributed by atoms with Crippen LogP contribution in [0.3, 0.4) is 0 Å². The van der Waals surface area contributed by atoms with E-state index in [-0.39, 0.29) is 0 Å². The van der Waals surface area contributed by atoms with Gasteiger partial charge in [-0.15, -0.1) is 4.31 Å². The van der Waals surface area contributed by atoms with Gasteiger partial charge >= 0.3 is 0 Å². The third-order valence-electron chi connectivity index (χ3n) is 2.43. The maximum absolute atomic E-state index is 11.0. The molecule has 2 nitrogen and oxygen atoms in total. The van der Waals surface area contributed by atoms with E-state index in [1.807, 2.05) is 11.4 Å². The van der Waals surface area contributed by atoms with Crippen LogP contribution in [-0.4, -0.2) is 28.7 Å². The second-order valence-electron chi connectivity index (χ2n) is 3.38. The van der Waals surface area contributed by atoms with Crippen LogP contribution in [0.25, 0.3) is 0 Å². The van der Waals surface area contributed by atoms with E-state index >= 15 is 0 Å². The fourth-order valence-electron chi connectivity index (χ4n) is 1.66. The van der Waals surface area contributed by atoms with Crippen molar-refractivity contribution in [1.82, 2.24) is 4.31 Å². The number of hydrogen-bond donors (Lipinski definition) is 0. The summed E-state index contributed by atoms with van der Waals surface area (Å²) < 4.78 is 12.9. The molecule has 0 heterocycles. The van der Waals surface area contributed by atoms with Crippen molar-refractivity contribution in [2.24, 2.45) is 5.92 Å². The third kappa shape index (κ3) is 3.01. The summed E-state index contributed by atoms with van der Waals surface area (Å²) in [6, 6.07) is 0. The summed E-state index contributed by atoms with van der Waals surface area (Å²) in [5.41, 5.74) is 0. The van der Waals surface area contributed by atoms with Gasteiger partial charge in [-0.25, -0.2) is 0 Å². The van der Waals surface area contributed by atoms with E-state index in [1.54, 1.807) is 6.26 Å². The van der Waals surface area contributed by atoms with E-state index < -0.39 is 11.4 Å². The third-order valence-corrected chi connectivity index (χ3v) is 3.46. The lowest BCUT2D eigenvalue weighted by Crippen LogP contribution is -2.30. The number of hydrogen-bond acceptors (Lipinski definition) is 2. The van der Waals surface area contributed by atoms with Gasteiger partial charge < -0.3 is 4.55 Å². The normalized spacial score (nSPS) is 22.9. The first-order valence-corrected chi connectivity index (χ1v) is 5.76. The fraction of sp³-hybridized carbons (Fsp3) is 1.00. The summed E-state index contributed by atoms with van der Waals surface area (Å²) >= 11 is -0.773. The molecule has 0 spiro atoms. The van der Waals surface area contributed by atoms with E-state index in [2.05, 4.69) is 0 Å². The summed E-state index contributed by atoms with van der Waals surface area (Å²) in [4.78, 5) is 0. The first-order chi connectivity index (χ1) is 5.20. The molecule has 66 valence electrons. The Hall–Kier alpha value is 0.270. The largest absolute Gasteiger partial charge is 0.598 e. The highest BCUT2D eigenvalue weighted by atomic mass is 32.2. The van der Waals surface area contributed by atoms with Gasteiger partial charge in [0.15, 0.2) is 0 Å². The van der Waals surface area contributed by atoms with Crippen molar-refractivity contribution in [2.45, 2.75) is 25.7 Å². The van der Waals surface area contributed by atoms with Crippen LogP contribution in [0.1, 0.15) is 25.7 Å². The molecule has 0 aromatic heterocycles. The molecule has 0 bridgehead atoms. The molecular weight excluding hydrogens is 158 g/mol. The topological polar surface area (TPSA) is 26.3 Å². The van der Waals surface area contributed by atoms with Crippen LogP contribution in [0.5, 0.6) is 0 Å². The molecule has 0 aliphatic heterocycles. The highest BCUT2D eigenvalue weighted by molar-refractivity contribution is 7.88. The molecule has 0 N–H and O–H groups in total. The zero-order chi connectivity index (χ0) is 8.27. The fourth-order valence-corrected chi connectivity index (χ4v) is 2.08. The minimum absolute atomic E-state index is 0.773. The SMILES string of the molecule is CN(CC1CCCC1)[S+](C)[O-]. The van der Waals surface area contributed by atoms with Crippen LogP contribution in [0, 0.1) is 5.92 Å².